The van der Waals surface area contributed by atoms with Crippen molar-refractivity contribution in [1.82, 2.24) is 9.80 Å². The number of nitrogens with two attached hydrogens (primary N) is 1. The van der Waals surface area contributed by atoms with E-state index in [0.717, 1.165) is 57.4 Å². The lowest BCUT2D eigenvalue weighted by molar-refractivity contribution is -0.138. The minimum atomic E-state index is -0.197. The van der Waals surface area contributed by atoms with Crippen LogP contribution >= 0.6 is 0 Å². The van der Waals surface area contributed by atoms with Crippen molar-refractivity contribution < 1.29 is 9.18 Å². The predicted molar refractivity (Wildman–Crippen MR) is 88.2 cm³/mol. The van der Waals surface area contributed by atoms with Crippen LogP contribution in [0.4, 0.5) is 4.39 Å². The fraction of sp³-hybridized carbons (Fsp3) is 0.611. The van der Waals surface area contributed by atoms with Crippen molar-refractivity contribution in [2.45, 2.75) is 38.3 Å². The zero-order valence-electron chi connectivity index (χ0n) is 13.6. The molecule has 0 saturated carbocycles. The number of benzene rings is 1. The van der Waals surface area contributed by atoms with Crippen molar-refractivity contribution >= 4 is 5.91 Å². The van der Waals surface area contributed by atoms with E-state index in [1.807, 2.05) is 11.0 Å². The van der Waals surface area contributed by atoms with Crippen LogP contribution in [-0.2, 0) is 11.3 Å². The van der Waals surface area contributed by atoms with Crippen LogP contribution in [0.5, 0.6) is 0 Å². The molecule has 2 N–H and O–H groups in total. The number of halogens is 1. The quantitative estimate of drug-likeness (QED) is 0.927. The molecular formula is C18H26FN3O. The Balaban J connectivity index is 1.56. The Bertz CT molecular complexity index is 543. The van der Waals surface area contributed by atoms with Gasteiger partial charge in [0.15, 0.2) is 0 Å². The van der Waals surface area contributed by atoms with Gasteiger partial charge < -0.3 is 10.6 Å². The molecule has 1 atom stereocenters. The van der Waals surface area contributed by atoms with Crippen LogP contribution in [0.1, 0.15) is 31.2 Å². The Morgan fingerprint density at radius 3 is 2.74 bits per heavy atom. The molecule has 1 aromatic rings. The smallest absolute Gasteiger partial charge is 0.226 e. The number of amides is 1. The first kappa shape index (κ1) is 16.4. The number of carbonyl (C=O) groups is 1. The maximum Gasteiger partial charge on any atom is 0.226 e. The molecule has 3 rings (SSSR count). The summed E-state index contributed by atoms with van der Waals surface area (Å²) in [6, 6.07) is 6.98. The van der Waals surface area contributed by atoms with Crippen molar-refractivity contribution in [3.63, 3.8) is 0 Å². The standard InChI is InChI=1S/C18H26FN3O/c19-16-5-1-3-14(11-16)12-21-8-2-4-15(13-21)18(23)22-9-6-17(20)7-10-22/h1,3,5,11,15,17H,2,4,6-10,12-13,20H2. The number of nitrogens with zero attached hydrogens (tertiary/aromatic N) is 2. The maximum atomic E-state index is 13.3. The predicted octanol–water partition coefficient (Wildman–Crippen LogP) is 1.99. The van der Waals surface area contributed by atoms with Crippen LogP contribution in [0, 0.1) is 11.7 Å². The van der Waals surface area contributed by atoms with Crippen LogP contribution < -0.4 is 5.73 Å². The van der Waals surface area contributed by atoms with E-state index in [2.05, 4.69) is 4.90 Å². The highest BCUT2D eigenvalue weighted by Crippen LogP contribution is 2.22. The second-order valence-electron chi connectivity index (χ2n) is 6.87. The maximum absolute atomic E-state index is 13.3. The van der Waals surface area contributed by atoms with Crippen molar-refractivity contribution in [2.75, 3.05) is 26.2 Å². The molecule has 2 aliphatic heterocycles. The van der Waals surface area contributed by atoms with Gasteiger partial charge in [-0.1, -0.05) is 12.1 Å². The highest BCUT2D eigenvalue weighted by molar-refractivity contribution is 5.79. The van der Waals surface area contributed by atoms with E-state index in [1.165, 1.54) is 6.07 Å². The van der Waals surface area contributed by atoms with Gasteiger partial charge in [0, 0.05) is 32.2 Å². The summed E-state index contributed by atoms with van der Waals surface area (Å²) >= 11 is 0. The molecule has 2 aliphatic rings. The highest BCUT2D eigenvalue weighted by Gasteiger charge is 2.30. The summed E-state index contributed by atoms with van der Waals surface area (Å²) in [7, 11) is 0. The SMILES string of the molecule is NC1CCN(C(=O)C2CCCN(Cc3cccc(F)c3)C2)CC1. The van der Waals surface area contributed by atoms with Crippen molar-refractivity contribution in [3.05, 3.63) is 35.6 Å². The van der Waals surface area contributed by atoms with Gasteiger partial charge >= 0.3 is 0 Å². The van der Waals surface area contributed by atoms with Gasteiger partial charge in [-0.25, -0.2) is 4.39 Å². The summed E-state index contributed by atoms with van der Waals surface area (Å²) in [5, 5.41) is 0. The first-order valence-corrected chi connectivity index (χ1v) is 8.63. The topological polar surface area (TPSA) is 49.6 Å². The Hall–Kier alpha value is -1.46. The lowest BCUT2D eigenvalue weighted by Gasteiger charge is -2.37. The molecule has 0 radical (unpaired) electrons. The lowest BCUT2D eigenvalue weighted by atomic mass is 9.94. The van der Waals surface area contributed by atoms with Crippen molar-refractivity contribution in [2.24, 2.45) is 11.7 Å². The molecule has 5 heteroatoms. The third kappa shape index (κ3) is 4.30. The summed E-state index contributed by atoms with van der Waals surface area (Å²) in [5.41, 5.74) is 6.89. The van der Waals surface area contributed by atoms with Crippen LogP contribution in [-0.4, -0.2) is 47.9 Å². The van der Waals surface area contributed by atoms with Gasteiger partial charge in [-0.05, 0) is 49.9 Å². The number of rotatable bonds is 3. The van der Waals surface area contributed by atoms with Crippen LogP contribution in [0.3, 0.4) is 0 Å². The van der Waals surface area contributed by atoms with E-state index in [-0.39, 0.29) is 23.7 Å². The monoisotopic (exact) mass is 319 g/mol. The normalized spacial score (nSPS) is 23.9. The van der Waals surface area contributed by atoms with Crippen LogP contribution in [0.15, 0.2) is 24.3 Å². The van der Waals surface area contributed by atoms with Gasteiger partial charge in [0.25, 0.3) is 0 Å². The first-order valence-electron chi connectivity index (χ1n) is 8.63. The van der Waals surface area contributed by atoms with Gasteiger partial charge in [0.2, 0.25) is 5.91 Å². The molecule has 2 heterocycles. The second kappa shape index (κ2) is 7.41. The minimum absolute atomic E-state index is 0.0756. The third-order valence-corrected chi connectivity index (χ3v) is 5.00. The molecule has 0 spiro atoms. The van der Waals surface area contributed by atoms with Crippen LogP contribution in [0.2, 0.25) is 0 Å². The van der Waals surface area contributed by atoms with E-state index < -0.39 is 0 Å². The summed E-state index contributed by atoms with van der Waals surface area (Å²) in [6.07, 6.45) is 3.80. The Morgan fingerprint density at radius 2 is 2.00 bits per heavy atom. The van der Waals surface area contributed by atoms with Gasteiger partial charge in [-0.15, -0.1) is 0 Å². The highest BCUT2D eigenvalue weighted by atomic mass is 19.1. The van der Waals surface area contributed by atoms with Crippen molar-refractivity contribution in [1.29, 1.82) is 0 Å². The minimum Gasteiger partial charge on any atom is -0.342 e. The molecule has 126 valence electrons. The average molecular weight is 319 g/mol. The molecule has 2 saturated heterocycles. The molecule has 0 aromatic heterocycles. The van der Waals surface area contributed by atoms with E-state index in [1.54, 1.807) is 12.1 Å². The fourth-order valence-electron chi connectivity index (χ4n) is 3.67. The summed E-state index contributed by atoms with van der Waals surface area (Å²) in [5.74, 6) is 0.157. The molecule has 2 fully saturated rings. The number of carbonyl (C=O) groups excluding carboxylic acids is 1. The zero-order chi connectivity index (χ0) is 16.2. The average Bonchev–Trinajstić information content (AvgIpc) is 2.55. The van der Waals surface area contributed by atoms with Gasteiger partial charge in [-0.3, -0.25) is 9.69 Å². The number of hydrogen-bond donors (Lipinski definition) is 1. The van der Waals surface area contributed by atoms with Gasteiger partial charge in [-0.2, -0.15) is 0 Å². The van der Waals surface area contributed by atoms with Gasteiger partial charge in [0.1, 0.15) is 5.82 Å². The van der Waals surface area contributed by atoms with Crippen LogP contribution in [0.25, 0.3) is 0 Å². The Morgan fingerprint density at radius 1 is 1.22 bits per heavy atom. The number of hydrogen-bond acceptors (Lipinski definition) is 3. The molecular weight excluding hydrogens is 293 g/mol. The number of likely N-dealkylation sites (tertiary alicyclic amines) is 2. The van der Waals surface area contributed by atoms with E-state index >= 15 is 0 Å². The third-order valence-electron chi connectivity index (χ3n) is 5.00. The van der Waals surface area contributed by atoms with Crippen molar-refractivity contribution in [3.8, 4) is 0 Å². The lowest BCUT2D eigenvalue weighted by Crippen LogP contribution is -2.48. The summed E-state index contributed by atoms with van der Waals surface area (Å²) < 4.78 is 13.3. The summed E-state index contributed by atoms with van der Waals surface area (Å²) in [6.45, 7) is 4.05. The second-order valence-corrected chi connectivity index (χ2v) is 6.87. The molecule has 23 heavy (non-hydrogen) atoms. The molecule has 1 unspecified atom stereocenters. The first-order chi connectivity index (χ1) is 11.1. The van der Waals surface area contributed by atoms with Gasteiger partial charge in [0.05, 0.1) is 5.92 Å². The zero-order valence-corrected chi connectivity index (χ0v) is 13.6. The molecule has 1 aromatic carbocycles. The largest absolute Gasteiger partial charge is 0.342 e. The fourth-order valence-corrected chi connectivity index (χ4v) is 3.67. The molecule has 0 aliphatic carbocycles. The number of piperidine rings is 2. The van der Waals surface area contributed by atoms with E-state index in [4.69, 9.17) is 5.73 Å². The van der Waals surface area contributed by atoms with E-state index in [0.29, 0.717) is 6.54 Å². The molecule has 0 bridgehead atoms. The summed E-state index contributed by atoms with van der Waals surface area (Å²) in [4.78, 5) is 17.0. The Kier molecular flexibility index (Phi) is 5.28. The molecule has 1 amide bonds. The Labute approximate surface area is 137 Å². The molecule has 4 nitrogen and oxygen atoms in total. The van der Waals surface area contributed by atoms with E-state index in [9.17, 15) is 9.18 Å².